The van der Waals surface area contributed by atoms with Crippen molar-refractivity contribution < 1.29 is 14.3 Å². The molecule has 2 aromatic heterocycles. The number of benzene rings is 9. The molecule has 344 valence electrons. The summed E-state index contributed by atoms with van der Waals surface area (Å²) in [5, 5.41) is 25.3. The van der Waals surface area contributed by atoms with Crippen LogP contribution in [0, 0.1) is 0 Å². The van der Waals surface area contributed by atoms with E-state index in [1.165, 1.54) is 0 Å². The van der Waals surface area contributed by atoms with E-state index in [4.69, 9.17) is 24.4 Å². The highest BCUT2D eigenvalue weighted by Crippen LogP contribution is 2.43. The van der Waals surface area contributed by atoms with Crippen LogP contribution in [0.4, 0.5) is 28.4 Å². The van der Waals surface area contributed by atoms with Crippen LogP contribution >= 0.6 is 0 Å². The first-order chi connectivity index (χ1) is 34.9. The van der Waals surface area contributed by atoms with Crippen LogP contribution in [-0.4, -0.2) is 30.7 Å². The van der Waals surface area contributed by atoms with Crippen LogP contribution in [0.3, 0.4) is 0 Å². The van der Waals surface area contributed by atoms with Crippen molar-refractivity contribution in [3.05, 3.63) is 220 Å². The van der Waals surface area contributed by atoms with Crippen molar-refractivity contribution in [2.75, 3.05) is 26.3 Å². The molecule has 0 atom stereocenters. The Kier molecular flexibility index (Phi) is 12.0. The molecule has 11 rings (SSSR count). The number of nitrogens with zero attached hydrogens (tertiary/aromatic N) is 7. The maximum Gasteiger partial charge on any atom is 0.264 e. The minimum atomic E-state index is -0.153. The van der Waals surface area contributed by atoms with Gasteiger partial charge in [-0.05, 0) is 88.3 Å². The van der Waals surface area contributed by atoms with E-state index in [2.05, 4.69) is 76.0 Å². The average molecular weight is 928 g/mol. The van der Waals surface area contributed by atoms with E-state index in [0.717, 1.165) is 77.2 Å². The minimum absolute atomic E-state index is 0.153. The number of aromatic nitrogens is 2. The van der Waals surface area contributed by atoms with Gasteiger partial charge in [-0.15, -0.1) is 10.2 Å². The molecule has 0 amide bonds. The zero-order chi connectivity index (χ0) is 48.3. The summed E-state index contributed by atoms with van der Waals surface area (Å²) in [4.78, 5) is 24.9. The highest BCUT2D eigenvalue weighted by atomic mass is 16.7. The summed E-state index contributed by atoms with van der Waals surface area (Å²) in [5.74, 6) is 1.09. The molecule has 0 fully saturated rings. The Morgan fingerprint density at radius 1 is 0.549 bits per heavy atom. The van der Waals surface area contributed by atoms with Crippen LogP contribution in [-0.2, 0) is 11.4 Å². The van der Waals surface area contributed by atoms with Gasteiger partial charge in [0.2, 0.25) is 0 Å². The molecule has 0 aliphatic rings. The van der Waals surface area contributed by atoms with Gasteiger partial charge in [0, 0.05) is 34.2 Å². The van der Waals surface area contributed by atoms with Crippen LogP contribution < -0.4 is 20.1 Å². The number of hydrogen-bond acceptors (Lipinski definition) is 10. The predicted octanol–water partition coefficient (Wildman–Crippen LogP) is 15.5. The predicted molar refractivity (Wildman–Crippen MR) is 287 cm³/mol. The molecule has 0 aliphatic heterocycles. The largest absolute Gasteiger partial charge is 0.494 e. The third-order valence-electron chi connectivity index (χ3n) is 12.5. The zero-order valence-electron chi connectivity index (χ0n) is 39.1. The normalized spacial score (nSPS) is 12.1. The van der Waals surface area contributed by atoms with E-state index in [-0.39, 0.29) is 5.56 Å². The molecule has 9 aromatic carbocycles. The third-order valence-corrected chi connectivity index (χ3v) is 12.5. The lowest BCUT2D eigenvalue weighted by Gasteiger charge is -2.20. The molecule has 11 heteroatoms. The molecule has 0 saturated carbocycles. The summed E-state index contributed by atoms with van der Waals surface area (Å²) >= 11 is 0. The van der Waals surface area contributed by atoms with Gasteiger partial charge in [0.15, 0.2) is 5.75 Å². The van der Waals surface area contributed by atoms with Gasteiger partial charge in [-0.2, -0.15) is 10.2 Å². The fourth-order valence-electron chi connectivity index (χ4n) is 8.89. The van der Waals surface area contributed by atoms with Crippen molar-refractivity contribution in [2.45, 2.75) is 6.61 Å². The van der Waals surface area contributed by atoms with Gasteiger partial charge in [-0.3, -0.25) is 19.1 Å². The van der Waals surface area contributed by atoms with Gasteiger partial charge in [-0.25, -0.2) is 4.98 Å². The van der Waals surface area contributed by atoms with Gasteiger partial charge in [0.1, 0.15) is 29.4 Å². The number of ether oxygens (including phenoxy) is 2. The number of hydrogen-bond donors (Lipinski definition) is 0. The molecule has 2 heterocycles. The molecule has 0 bridgehead atoms. The quantitative estimate of drug-likeness (QED) is 0.0609. The molecular formula is C60H45N7O4. The Bertz CT molecular complexity index is 3920. The topological polar surface area (TPSA) is 115 Å². The SMILES string of the molecule is COc1cc2c(=O)n3c4ccccc4nc3c3cccc(c1N=Nc1ccc(C=Cc4ccc(C=Cc5ccc(N=Nc6c(OC)c(CON(C)c7ccccc7)cc7ccccc67)cc5)cc4)cc1)c23. The van der Waals surface area contributed by atoms with E-state index in [0.29, 0.717) is 46.2 Å². The van der Waals surface area contributed by atoms with Gasteiger partial charge in [0.05, 0.1) is 47.7 Å². The summed E-state index contributed by atoms with van der Waals surface area (Å²) in [5.41, 5.74) is 10.6. The van der Waals surface area contributed by atoms with Gasteiger partial charge >= 0.3 is 0 Å². The summed E-state index contributed by atoms with van der Waals surface area (Å²) in [6, 6.07) is 59.6. The van der Waals surface area contributed by atoms with Crippen LogP contribution in [0.25, 0.3) is 73.3 Å². The van der Waals surface area contributed by atoms with Crippen molar-refractivity contribution in [2.24, 2.45) is 20.5 Å². The molecule has 0 saturated heterocycles. The number of hydroxylamine groups is 1. The Hall–Kier alpha value is -9.32. The Labute approximate surface area is 408 Å². The Balaban J connectivity index is 0.741. The van der Waals surface area contributed by atoms with Crippen molar-refractivity contribution in [1.82, 2.24) is 9.38 Å². The van der Waals surface area contributed by atoms with Gasteiger partial charge < -0.3 is 9.47 Å². The molecule has 11 nitrogen and oxygen atoms in total. The lowest BCUT2D eigenvalue weighted by atomic mass is 10.0. The summed E-state index contributed by atoms with van der Waals surface area (Å²) < 4.78 is 13.4. The van der Waals surface area contributed by atoms with E-state index < -0.39 is 0 Å². The first-order valence-corrected chi connectivity index (χ1v) is 23.1. The number of pyridine rings is 1. The number of para-hydroxylation sites is 3. The van der Waals surface area contributed by atoms with Crippen LogP contribution in [0.15, 0.2) is 207 Å². The molecule has 0 radical (unpaired) electrons. The van der Waals surface area contributed by atoms with E-state index in [1.807, 2.05) is 147 Å². The van der Waals surface area contributed by atoms with Crippen LogP contribution in [0.2, 0.25) is 0 Å². The maximum atomic E-state index is 13.9. The molecule has 0 aliphatic carbocycles. The van der Waals surface area contributed by atoms with Crippen molar-refractivity contribution >= 4 is 102 Å². The molecule has 11 aromatic rings. The number of methoxy groups -OCH3 is 2. The summed E-state index contributed by atoms with van der Waals surface area (Å²) in [7, 11) is 5.11. The molecular weight excluding hydrogens is 883 g/mol. The van der Waals surface area contributed by atoms with E-state index >= 15 is 0 Å². The molecule has 0 N–H and O–H groups in total. The third kappa shape index (κ3) is 8.85. The number of azo groups is 2. The van der Waals surface area contributed by atoms with Crippen molar-refractivity contribution in [1.29, 1.82) is 0 Å². The summed E-state index contributed by atoms with van der Waals surface area (Å²) in [6.07, 6.45) is 8.33. The smallest absolute Gasteiger partial charge is 0.264 e. The summed E-state index contributed by atoms with van der Waals surface area (Å²) in [6.45, 7) is 0.292. The highest BCUT2D eigenvalue weighted by Gasteiger charge is 2.21. The molecule has 71 heavy (non-hydrogen) atoms. The fraction of sp³-hybridized carbons (Fsp3) is 0.0667. The molecule has 0 unspecified atom stereocenters. The number of fused-ring (bicyclic) bond motifs is 5. The monoisotopic (exact) mass is 927 g/mol. The average Bonchev–Trinajstić information content (AvgIpc) is 3.82. The number of rotatable bonds is 14. The minimum Gasteiger partial charge on any atom is -0.494 e. The second-order valence-corrected chi connectivity index (χ2v) is 16.9. The van der Waals surface area contributed by atoms with Crippen molar-refractivity contribution in [3.63, 3.8) is 0 Å². The molecule has 0 spiro atoms. The Morgan fingerprint density at radius 3 is 1.76 bits per heavy atom. The lowest BCUT2D eigenvalue weighted by molar-refractivity contribution is 0.106. The standard InChI is InChI=1S/C60H45N7O4/c1-66(47-13-5-4-6-14-47)71-38-44-36-43-12-7-8-15-48(43)57(58(44)70-3)65-63-46-34-30-42(31-35-46)27-25-40-22-20-39(21-23-40)24-26-41-28-32-45(33-29-41)62-64-56-49-16-11-17-50-55(49)51(37-54(56)69-2)60(68)67-53-19-10-9-18-52(53)61-59(50)67/h4-37H,38H2,1-3H3. The number of imidazole rings is 1. The lowest BCUT2D eigenvalue weighted by Crippen LogP contribution is -2.17. The highest BCUT2D eigenvalue weighted by molar-refractivity contribution is 6.19. The zero-order valence-corrected chi connectivity index (χ0v) is 39.1. The second-order valence-electron chi connectivity index (χ2n) is 16.9. The second kappa shape index (κ2) is 19.4. The Morgan fingerprint density at radius 2 is 1.11 bits per heavy atom. The number of anilines is 1. The van der Waals surface area contributed by atoms with E-state index in [9.17, 15) is 4.79 Å². The van der Waals surface area contributed by atoms with Crippen LogP contribution in [0.1, 0.15) is 27.8 Å². The first-order valence-electron chi connectivity index (χ1n) is 23.1. The fourth-order valence-corrected chi connectivity index (χ4v) is 8.89. The van der Waals surface area contributed by atoms with Crippen molar-refractivity contribution in [3.8, 4) is 11.5 Å². The van der Waals surface area contributed by atoms with Gasteiger partial charge in [-0.1, -0.05) is 146 Å². The van der Waals surface area contributed by atoms with Crippen LogP contribution in [0.5, 0.6) is 11.5 Å². The van der Waals surface area contributed by atoms with Gasteiger partial charge in [0.25, 0.3) is 5.56 Å². The first kappa shape index (κ1) is 44.2. The maximum absolute atomic E-state index is 13.9. The van der Waals surface area contributed by atoms with E-state index in [1.54, 1.807) is 29.7 Å².